The van der Waals surface area contributed by atoms with Crippen molar-refractivity contribution < 1.29 is 4.74 Å². The normalized spacial score (nSPS) is 10.2. The van der Waals surface area contributed by atoms with Crippen molar-refractivity contribution in [1.29, 1.82) is 0 Å². The Bertz CT molecular complexity index is 592. The van der Waals surface area contributed by atoms with Gasteiger partial charge < -0.3 is 15.4 Å². The van der Waals surface area contributed by atoms with Crippen molar-refractivity contribution in [3.05, 3.63) is 35.9 Å². The average Bonchev–Trinajstić information content (AvgIpc) is 2.53. The molecule has 0 aliphatic heterocycles. The monoisotopic (exact) mass is 304 g/mol. The molecule has 21 heavy (non-hydrogen) atoms. The summed E-state index contributed by atoms with van der Waals surface area (Å²) in [6, 6.07) is 9.86. The molecule has 0 aliphatic rings. The summed E-state index contributed by atoms with van der Waals surface area (Å²) in [5, 5.41) is 7.29. The van der Waals surface area contributed by atoms with Gasteiger partial charge in [0.15, 0.2) is 5.16 Å². The van der Waals surface area contributed by atoms with Crippen LogP contribution in [0.3, 0.4) is 0 Å². The van der Waals surface area contributed by atoms with Gasteiger partial charge in [0, 0.05) is 24.7 Å². The zero-order chi connectivity index (χ0) is 15.1. The van der Waals surface area contributed by atoms with E-state index < -0.39 is 0 Å². The topological polar surface area (TPSA) is 59.1 Å². The predicted molar refractivity (Wildman–Crippen MR) is 88.3 cm³/mol. The Hall–Kier alpha value is -1.95. The summed E-state index contributed by atoms with van der Waals surface area (Å²) in [5.41, 5.74) is 1.09. The maximum absolute atomic E-state index is 5.35. The number of ether oxygens (including phenoxy) is 1. The number of para-hydroxylation sites is 1. The number of hydrogen-bond donors (Lipinski definition) is 2. The van der Waals surface area contributed by atoms with Gasteiger partial charge in [0.1, 0.15) is 17.4 Å². The van der Waals surface area contributed by atoms with Crippen molar-refractivity contribution in [2.75, 3.05) is 30.5 Å². The van der Waals surface area contributed by atoms with Gasteiger partial charge in [-0.2, -0.15) is 0 Å². The molecule has 0 amide bonds. The van der Waals surface area contributed by atoms with E-state index in [0.29, 0.717) is 6.54 Å². The summed E-state index contributed by atoms with van der Waals surface area (Å²) >= 11 is 1.53. The van der Waals surface area contributed by atoms with Gasteiger partial charge in [-0.25, -0.2) is 9.97 Å². The predicted octanol–water partition coefficient (Wildman–Crippen LogP) is 3.25. The molecule has 0 saturated heterocycles. The number of methoxy groups -OCH3 is 1. The van der Waals surface area contributed by atoms with Crippen LogP contribution in [0.5, 0.6) is 5.75 Å². The maximum atomic E-state index is 5.35. The van der Waals surface area contributed by atoms with Crippen molar-refractivity contribution in [3.63, 3.8) is 0 Å². The summed E-state index contributed by atoms with van der Waals surface area (Å²) in [6.45, 7) is 3.53. The SMILES string of the molecule is CCNc1cc(NCc2ccccc2OC)nc(SC)n1. The van der Waals surface area contributed by atoms with Crippen molar-refractivity contribution in [3.8, 4) is 5.75 Å². The van der Waals surface area contributed by atoms with Gasteiger partial charge in [0.2, 0.25) is 0 Å². The minimum atomic E-state index is 0.653. The van der Waals surface area contributed by atoms with Gasteiger partial charge in [-0.3, -0.25) is 0 Å². The molecule has 0 spiro atoms. The molecule has 1 aromatic carbocycles. The Kier molecular flexibility index (Phi) is 5.68. The van der Waals surface area contributed by atoms with Crippen LogP contribution in [-0.4, -0.2) is 29.9 Å². The average molecular weight is 304 g/mol. The van der Waals surface area contributed by atoms with E-state index >= 15 is 0 Å². The van der Waals surface area contributed by atoms with E-state index in [1.165, 1.54) is 11.8 Å². The van der Waals surface area contributed by atoms with Crippen LogP contribution in [0.25, 0.3) is 0 Å². The molecular weight excluding hydrogens is 284 g/mol. The molecule has 2 rings (SSSR count). The number of rotatable bonds is 7. The zero-order valence-corrected chi connectivity index (χ0v) is 13.3. The lowest BCUT2D eigenvalue weighted by Crippen LogP contribution is -2.07. The van der Waals surface area contributed by atoms with E-state index in [1.807, 2.05) is 43.5 Å². The highest BCUT2D eigenvalue weighted by Crippen LogP contribution is 2.21. The Morgan fingerprint density at radius 3 is 2.52 bits per heavy atom. The largest absolute Gasteiger partial charge is 0.496 e. The van der Waals surface area contributed by atoms with Crippen LogP contribution in [0.1, 0.15) is 12.5 Å². The molecule has 0 saturated carbocycles. The number of hydrogen-bond acceptors (Lipinski definition) is 6. The molecule has 6 heteroatoms. The van der Waals surface area contributed by atoms with Crippen molar-refractivity contribution in [2.45, 2.75) is 18.6 Å². The van der Waals surface area contributed by atoms with Gasteiger partial charge in [-0.1, -0.05) is 30.0 Å². The number of aromatic nitrogens is 2. The lowest BCUT2D eigenvalue weighted by Gasteiger charge is -2.11. The number of nitrogens with one attached hydrogen (secondary N) is 2. The molecule has 0 atom stereocenters. The number of benzene rings is 1. The lowest BCUT2D eigenvalue weighted by atomic mass is 10.2. The summed E-state index contributed by atoms with van der Waals surface area (Å²) < 4.78 is 5.35. The second-order valence-electron chi connectivity index (χ2n) is 4.32. The number of nitrogens with zero attached hydrogens (tertiary/aromatic N) is 2. The molecule has 0 unspecified atom stereocenters. The molecule has 2 aromatic rings. The molecular formula is C15H20N4OS. The van der Waals surface area contributed by atoms with E-state index in [-0.39, 0.29) is 0 Å². The minimum Gasteiger partial charge on any atom is -0.496 e. The summed E-state index contributed by atoms with van der Waals surface area (Å²) in [7, 11) is 1.68. The highest BCUT2D eigenvalue weighted by atomic mass is 32.2. The highest BCUT2D eigenvalue weighted by Gasteiger charge is 2.05. The summed E-state index contributed by atoms with van der Waals surface area (Å²) in [6.07, 6.45) is 1.97. The van der Waals surface area contributed by atoms with Gasteiger partial charge in [0.05, 0.1) is 7.11 Å². The first-order valence-corrected chi connectivity index (χ1v) is 8.02. The molecule has 2 N–H and O–H groups in total. The van der Waals surface area contributed by atoms with Crippen LogP contribution < -0.4 is 15.4 Å². The summed E-state index contributed by atoms with van der Waals surface area (Å²) in [5.74, 6) is 2.51. The lowest BCUT2D eigenvalue weighted by molar-refractivity contribution is 0.410. The molecule has 1 aromatic heterocycles. The molecule has 0 bridgehead atoms. The fourth-order valence-corrected chi connectivity index (χ4v) is 2.29. The molecule has 0 fully saturated rings. The molecule has 5 nitrogen and oxygen atoms in total. The van der Waals surface area contributed by atoms with Crippen LogP contribution in [0.15, 0.2) is 35.5 Å². The van der Waals surface area contributed by atoms with E-state index in [0.717, 1.165) is 34.6 Å². The van der Waals surface area contributed by atoms with Gasteiger partial charge in [0.25, 0.3) is 0 Å². The zero-order valence-electron chi connectivity index (χ0n) is 12.5. The quantitative estimate of drug-likeness (QED) is 0.605. The number of anilines is 2. The van der Waals surface area contributed by atoms with Gasteiger partial charge >= 0.3 is 0 Å². The molecule has 112 valence electrons. The van der Waals surface area contributed by atoms with E-state index in [1.54, 1.807) is 7.11 Å². The van der Waals surface area contributed by atoms with Crippen LogP contribution >= 0.6 is 11.8 Å². The second kappa shape index (κ2) is 7.73. The Morgan fingerprint density at radius 2 is 1.86 bits per heavy atom. The van der Waals surface area contributed by atoms with Gasteiger partial charge in [-0.15, -0.1) is 0 Å². The summed E-state index contributed by atoms with van der Waals surface area (Å²) in [4.78, 5) is 8.87. The van der Waals surface area contributed by atoms with Gasteiger partial charge in [-0.05, 0) is 19.2 Å². The first-order valence-electron chi connectivity index (χ1n) is 6.79. The fourth-order valence-electron chi connectivity index (χ4n) is 1.91. The minimum absolute atomic E-state index is 0.653. The highest BCUT2D eigenvalue weighted by molar-refractivity contribution is 7.98. The first kappa shape index (κ1) is 15.4. The third-order valence-electron chi connectivity index (χ3n) is 2.90. The van der Waals surface area contributed by atoms with Crippen LogP contribution in [0, 0.1) is 0 Å². The molecule has 1 heterocycles. The fraction of sp³-hybridized carbons (Fsp3) is 0.333. The third kappa shape index (κ3) is 4.26. The Balaban J connectivity index is 2.13. The maximum Gasteiger partial charge on any atom is 0.191 e. The van der Waals surface area contributed by atoms with Crippen LogP contribution in [0.2, 0.25) is 0 Å². The van der Waals surface area contributed by atoms with E-state index in [9.17, 15) is 0 Å². The van der Waals surface area contributed by atoms with Crippen molar-refractivity contribution in [2.24, 2.45) is 0 Å². The first-order chi connectivity index (χ1) is 10.3. The smallest absolute Gasteiger partial charge is 0.191 e. The standard InChI is InChI=1S/C15H20N4OS/c1-4-16-13-9-14(19-15(18-13)21-3)17-10-11-7-5-6-8-12(11)20-2/h5-9H,4,10H2,1-3H3,(H2,16,17,18,19). The van der Waals surface area contributed by atoms with E-state index in [4.69, 9.17) is 4.74 Å². The van der Waals surface area contributed by atoms with E-state index in [2.05, 4.69) is 20.6 Å². The van der Waals surface area contributed by atoms with Crippen molar-refractivity contribution in [1.82, 2.24) is 9.97 Å². The van der Waals surface area contributed by atoms with Crippen molar-refractivity contribution >= 4 is 23.4 Å². The molecule has 0 aliphatic carbocycles. The molecule has 0 radical (unpaired) electrons. The second-order valence-corrected chi connectivity index (χ2v) is 5.09. The number of thioether (sulfide) groups is 1. The Morgan fingerprint density at radius 1 is 1.14 bits per heavy atom. The van der Waals surface area contributed by atoms with Crippen LogP contribution in [-0.2, 0) is 6.54 Å². The third-order valence-corrected chi connectivity index (χ3v) is 3.45. The van der Waals surface area contributed by atoms with Crippen LogP contribution in [0.4, 0.5) is 11.6 Å². The Labute approximate surface area is 129 Å².